The van der Waals surface area contributed by atoms with Crippen molar-refractivity contribution < 1.29 is 4.79 Å². The van der Waals surface area contributed by atoms with E-state index < -0.39 is 0 Å². The van der Waals surface area contributed by atoms with Crippen molar-refractivity contribution in [1.82, 2.24) is 29.5 Å². The van der Waals surface area contributed by atoms with Gasteiger partial charge in [-0.15, -0.1) is 10.2 Å². The van der Waals surface area contributed by atoms with Crippen molar-refractivity contribution in [2.75, 3.05) is 26.2 Å². The van der Waals surface area contributed by atoms with Crippen molar-refractivity contribution in [3.05, 3.63) is 72.6 Å². The third kappa shape index (κ3) is 4.20. The fourth-order valence-electron chi connectivity index (χ4n) is 3.37. The maximum absolute atomic E-state index is 13.0. The SMILES string of the molecule is O=C(c1cccc(-n2cnnc2)c1)N1CCCN(Cc2ccccn2)CC1. The molecule has 3 heterocycles. The lowest BCUT2D eigenvalue weighted by molar-refractivity contribution is 0.0761. The predicted octanol–water partition coefficient (Wildman–Crippen LogP) is 2.01. The second kappa shape index (κ2) is 8.09. The van der Waals surface area contributed by atoms with E-state index in [-0.39, 0.29) is 5.91 Å². The minimum absolute atomic E-state index is 0.0737. The van der Waals surface area contributed by atoms with Crippen LogP contribution in [0.1, 0.15) is 22.5 Å². The molecule has 4 rings (SSSR count). The summed E-state index contributed by atoms with van der Waals surface area (Å²) in [4.78, 5) is 21.7. The molecule has 0 spiro atoms. The summed E-state index contributed by atoms with van der Waals surface area (Å²) in [6.07, 6.45) is 6.05. The molecule has 0 aliphatic carbocycles. The Hall–Kier alpha value is -3.06. The summed E-state index contributed by atoms with van der Waals surface area (Å²) in [6.45, 7) is 4.15. The Morgan fingerprint density at radius 1 is 0.963 bits per heavy atom. The number of nitrogens with zero attached hydrogens (tertiary/aromatic N) is 6. The molecule has 7 nitrogen and oxygen atoms in total. The molecule has 0 unspecified atom stereocenters. The van der Waals surface area contributed by atoms with Crippen LogP contribution in [0, 0.1) is 0 Å². The number of pyridine rings is 1. The maximum Gasteiger partial charge on any atom is 0.253 e. The van der Waals surface area contributed by atoms with E-state index in [0.29, 0.717) is 5.56 Å². The Morgan fingerprint density at radius 2 is 1.85 bits per heavy atom. The van der Waals surface area contributed by atoms with E-state index in [4.69, 9.17) is 0 Å². The predicted molar refractivity (Wildman–Crippen MR) is 101 cm³/mol. The van der Waals surface area contributed by atoms with Gasteiger partial charge in [-0.3, -0.25) is 19.2 Å². The van der Waals surface area contributed by atoms with Gasteiger partial charge in [-0.2, -0.15) is 0 Å². The highest BCUT2D eigenvalue weighted by Crippen LogP contribution is 2.14. The summed E-state index contributed by atoms with van der Waals surface area (Å²) in [6, 6.07) is 13.6. The van der Waals surface area contributed by atoms with E-state index in [1.807, 2.05) is 53.6 Å². The molecule has 1 amide bonds. The lowest BCUT2D eigenvalue weighted by atomic mass is 10.1. The van der Waals surface area contributed by atoms with Crippen LogP contribution in [0.2, 0.25) is 0 Å². The fraction of sp³-hybridized carbons (Fsp3) is 0.300. The van der Waals surface area contributed by atoms with E-state index in [0.717, 1.165) is 50.5 Å². The highest BCUT2D eigenvalue weighted by molar-refractivity contribution is 5.94. The van der Waals surface area contributed by atoms with Crippen molar-refractivity contribution in [3.63, 3.8) is 0 Å². The minimum atomic E-state index is 0.0737. The minimum Gasteiger partial charge on any atom is -0.337 e. The summed E-state index contributed by atoms with van der Waals surface area (Å²) in [5, 5.41) is 7.65. The molecule has 138 valence electrons. The van der Waals surface area contributed by atoms with E-state index in [1.54, 1.807) is 17.2 Å². The lowest BCUT2D eigenvalue weighted by Crippen LogP contribution is -2.35. The Kier molecular flexibility index (Phi) is 5.20. The van der Waals surface area contributed by atoms with E-state index in [1.165, 1.54) is 0 Å². The summed E-state index contributed by atoms with van der Waals surface area (Å²) < 4.78 is 1.80. The van der Waals surface area contributed by atoms with Gasteiger partial charge in [0.25, 0.3) is 5.91 Å². The molecule has 7 heteroatoms. The van der Waals surface area contributed by atoms with Crippen molar-refractivity contribution in [1.29, 1.82) is 0 Å². The van der Waals surface area contributed by atoms with Gasteiger partial charge < -0.3 is 4.90 Å². The number of hydrogen-bond donors (Lipinski definition) is 0. The number of hydrogen-bond acceptors (Lipinski definition) is 5. The third-order valence-electron chi connectivity index (χ3n) is 4.80. The smallest absolute Gasteiger partial charge is 0.253 e. The fourth-order valence-corrected chi connectivity index (χ4v) is 3.37. The van der Waals surface area contributed by atoms with Crippen LogP contribution in [0.15, 0.2) is 61.3 Å². The number of carbonyl (C=O) groups excluding carboxylic acids is 1. The summed E-state index contributed by atoms with van der Waals surface area (Å²) in [5.74, 6) is 0.0737. The standard InChI is InChI=1S/C20H22N6O/c27-20(17-5-3-7-19(13-17)26-15-22-23-16-26)25-10-4-9-24(11-12-25)14-18-6-1-2-8-21-18/h1-3,5-8,13,15-16H,4,9-12,14H2. The Morgan fingerprint density at radius 3 is 2.67 bits per heavy atom. The zero-order valence-electron chi connectivity index (χ0n) is 15.1. The first-order chi connectivity index (χ1) is 13.3. The first kappa shape index (κ1) is 17.4. The molecule has 0 N–H and O–H groups in total. The van der Waals surface area contributed by atoms with Gasteiger partial charge in [0, 0.05) is 50.2 Å². The van der Waals surface area contributed by atoms with Gasteiger partial charge in [0.2, 0.25) is 0 Å². The topological polar surface area (TPSA) is 67.2 Å². The third-order valence-corrected chi connectivity index (χ3v) is 4.80. The second-order valence-corrected chi connectivity index (χ2v) is 6.66. The van der Waals surface area contributed by atoms with Gasteiger partial charge in [-0.25, -0.2) is 0 Å². The average molecular weight is 362 g/mol. The van der Waals surface area contributed by atoms with Crippen molar-refractivity contribution in [2.24, 2.45) is 0 Å². The van der Waals surface area contributed by atoms with E-state index in [9.17, 15) is 4.79 Å². The van der Waals surface area contributed by atoms with Crippen molar-refractivity contribution in [2.45, 2.75) is 13.0 Å². The zero-order chi connectivity index (χ0) is 18.5. The molecule has 0 bridgehead atoms. The van der Waals surface area contributed by atoms with Crippen LogP contribution >= 0.6 is 0 Å². The largest absolute Gasteiger partial charge is 0.337 e. The highest BCUT2D eigenvalue weighted by Gasteiger charge is 2.21. The molecule has 0 saturated carbocycles. The van der Waals surface area contributed by atoms with Crippen LogP contribution in [0.4, 0.5) is 0 Å². The van der Waals surface area contributed by atoms with Crippen LogP contribution < -0.4 is 0 Å². The summed E-state index contributed by atoms with van der Waals surface area (Å²) in [7, 11) is 0. The van der Waals surface area contributed by atoms with Gasteiger partial charge in [0.15, 0.2) is 0 Å². The van der Waals surface area contributed by atoms with Crippen LogP contribution in [0.25, 0.3) is 5.69 Å². The monoisotopic (exact) mass is 362 g/mol. The van der Waals surface area contributed by atoms with Gasteiger partial charge in [0.05, 0.1) is 5.69 Å². The number of rotatable bonds is 4. The summed E-state index contributed by atoms with van der Waals surface area (Å²) >= 11 is 0. The number of aromatic nitrogens is 4. The highest BCUT2D eigenvalue weighted by atomic mass is 16.2. The number of amides is 1. The molecule has 1 aliphatic rings. The van der Waals surface area contributed by atoms with Crippen LogP contribution in [-0.4, -0.2) is 61.6 Å². The summed E-state index contributed by atoms with van der Waals surface area (Å²) in [5.41, 5.74) is 2.65. The van der Waals surface area contributed by atoms with Crippen molar-refractivity contribution >= 4 is 5.91 Å². The molecule has 2 aromatic heterocycles. The molecule has 0 atom stereocenters. The first-order valence-electron chi connectivity index (χ1n) is 9.16. The quantitative estimate of drug-likeness (QED) is 0.710. The molecule has 27 heavy (non-hydrogen) atoms. The van der Waals surface area contributed by atoms with Crippen LogP contribution in [0.3, 0.4) is 0 Å². The molecule has 3 aromatic rings. The maximum atomic E-state index is 13.0. The van der Waals surface area contributed by atoms with Crippen LogP contribution in [0.5, 0.6) is 0 Å². The second-order valence-electron chi connectivity index (χ2n) is 6.66. The van der Waals surface area contributed by atoms with Gasteiger partial charge in [-0.05, 0) is 36.8 Å². The molecule has 1 aromatic carbocycles. The lowest BCUT2D eigenvalue weighted by Gasteiger charge is -2.22. The van der Waals surface area contributed by atoms with Crippen molar-refractivity contribution in [3.8, 4) is 5.69 Å². The molecule has 1 aliphatic heterocycles. The van der Waals surface area contributed by atoms with Gasteiger partial charge in [0.1, 0.15) is 12.7 Å². The molecule has 1 saturated heterocycles. The van der Waals surface area contributed by atoms with E-state index in [2.05, 4.69) is 20.1 Å². The molecule has 1 fully saturated rings. The Bertz CT molecular complexity index is 881. The number of benzene rings is 1. The van der Waals surface area contributed by atoms with Gasteiger partial charge in [-0.1, -0.05) is 12.1 Å². The average Bonchev–Trinajstić information content (AvgIpc) is 3.16. The first-order valence-corrected chi connectivity index (χ1v) is 9.16. The number of carbonyl (C=O) groups is 1. The molecular formula is C20H22N6O. The molecule has 0 radical (unpaired) electrons. The Balaban J connectivity index is 1.42. The van der Waals surface area contributed by atoms with E-state index >= 15 is 0 Å². The van der Waals surface area contributed by atoms with Crippen LogP contribution in [-0.2, 0) is 6.54 Å². The zero-order valence-corrected chi connectivity index (χ0v) is 15.1. The molecular weight excluding hydrogens is 340 g/mol. The van der Waals surface area contributed by atoms with Gasteiger partial charge >= 0.3 is 0 Å². The Labute approximate surface area is 158 Å². The normalized spacial score (nSPS) is 15.5.